The molecule has 0 atom stereocenters. The normalized spacial score (nSPS) is 11.1. The minimum absolute atomic E-state index is 0.176. The topological polar surface area (TPSA) is 38.9 Å². The Labute approximate surface area is 112 Å². The lowest BCUT2D eigenvalue weighted by Crippen LogP contribution is -1.94. The van der Waals surface area contributed by atoms with Crippen molar-refractivity contribution < 1.29 is 8.81 Å². The summed E-state index contributed by atoms with van der Waals surface area (Å²) in [5.74, 6) is -0.733. The van der Waals surface area contributed by atoms with Crippen molar-refractivity contribution in [2.45, 2.75) is 4.90 Å². The zero-order chi connectivity index (χ0) is 12.7. The molecule has 0 amide bonds. The lowest BCUT2D eigenvalue weighted by atomic mass is 10.1. The minimum atomic E-state index is -0.733. The minimum Gasteiger partial charge on any atom is -0.463 e. The van der Waals surface area contributed by atoms with E-state index in [-0.39, 0.29) is 10.6 Å². The summed E-state index contributed by atoms with van der Waals surface area (Å²) < 4.78 is 19.0. The van der Waals surface area contributed by atoms with E-state index < -0.39 is 5.95 Å². The van der Waals surface area contributed by atoms with Crippen LogP contribution in [0.25, 0.3) is 22.1 Å². The molecule has 3 rings (SSSR count). The standard InChI is InChI=1S/C12H6ClFN2OS/c13-8-5-15-16-12(14)9(8)7-2-1-6-3-4-17-10(6)11(7)18/h1-5,18H. The molecule has 1 aromatic carbocycles. The average molecular weight is 281 g/mol. The van der Waals surface area contributed by atoms with Gasteiger partial charge in [0.15, 0.2) is 0 Å². The maximum absolute atomic E-state index is 13.7. The van der Waals surface area contributed by atoms with Crippen LogP contribution in [0.5, 0.6) is 0 Å². The lowest BCUT2D eigenvalue weighted by Gasteiger charge is -2.07. The van der Waals surface area contributed by atoms with E-state index in [1.807, 2.05) is 12.1 Å². The highest BCUT2D eigenvalue weighted by Gasteiger charge is 2.16. The Kier molecular flexibility index (Phi) is 2.72. The summed E-state index contributed by atoms with van der Waals surface area (Å²) in [7, 11) is 0. The predicted octanol–water partition coefficient (Wildman–Crippen LogP) is 3.97. The van der Waals surface area contributed by atoms with Gasteiger partial charge in [-0.05, 0) is 6.07 Å². The first-order valence-corrected chi connectivity index (χ1v) is 5.87. The van der Waals surface area contributed by atoms with Gasteiger partial charge < -0.3 is 4.42 Å². The summed E-state index contributed by atoms with van der Waals surface area (Å²) in [6.45, 7) is 0. The largest absolute Gasteiger partial charge is 0.463 e. The fraction of sp³-hybridized carbons (Fsp3) is 0. The Morgan fingerprint density at radius 1 is 1.28 bits per heavy atom. The Morgan fingerprint density at radius 2 is 2.11 bits per heavy atom. The molecule has 0 fully saturated rings. The van der Waals surface area contributed by atoms with Crippen LogP contribution in [-0.2, 0) is 0 Å². The number of hydrogen-bond donors (Lipinski definition) is 1. The Balaban J connectivity index is 2.35. The van der Waals surface area contributed by atoms with Crippen LogP contribution in [0.4, 0.5) is 4.39 Å². The van der Waals surface area contributed by atoms with Gasteiger partial charge in [-0.2, -0.15) is 9.49 Å². The fourth-order valence-electron chi connectivity index (χ4n) is 1.80. The summed E-state index contributed by atoms with van der Waals surface area (Å²) in [6, 6.07) is 5.35. The maximum atomic E-state index is 13.7. The molecular weight excluding hydrogens is 275 g/mol. The monoisotopic (exact) mass is 280 g/mol. The van der Waals surface area contributed by atoms with E-state index in [0.29, 0.717) is 16.0 Å². The van der Waals surface area contributed by atoms with Gasteiger partial charge in [-0.15, -0.1) is 17.7 Å². The van der Waals surface area contributed by atoms with Gasteiger partial charge in [0.25, 0.3) is 0 Å². The smallest absolute Gasteiger partial charge is 0.242 e. The van der Waals surface area contributed by atoms with E-state index in [1.54, 1.807) is 12.3 Å². The van der Waals surface area contributed by atoms with Crippen molar-refractivity contribution in [3.63, 3.8) is 0 Å². The van der Waals surface area contributed by atoms with Gasteiger partial charge in [0.2, 0.25) is 5.95 Å². The van der Waals surface area contributed by atoms with E-state index in [1.165, 1.54) is 6.20 Å². The number of fused-ring (bicyclic) bond motifs is 1. The summed E-state index contributed by atoms with van der Waals surface area (Å²) in [4.78, 5) is 0.520. The van der Waals surface area contributed by atoms with Crippen molar-refractivity contribution in [1.82, 2.24) is 10.2 Å². The fourth-order valence-corrected chi connectivity index (χ4v) is 2.39. The zero-order valence-corrected chi connectivity index (χ0v) is 10.5. The second-order valence-corrected chi connectivity index (χ2v) is 4.51. The summed E-state index contributed by atoms with van der Waals surface area (Å²) in [5, 5.41) is 7.88. The quantitative estimate of drug-likeness (QED) is 0.686. The first-order valence-electron chi connectivity index (χ1n) is 5.04. The van der Waals surface area contributed by atoms with Crippen LogP contribution in [0.3, 0.4) is 0 Å². The molecule has 90 valence electrons. The van der Waals surface area contributed by atoms with Crippen molar-refractivity contribution in [1.29, 1.82) is 0 Å². The molecule has 3 nitrogen and oxygen atoms in total. The van der Waals surface area contributed by atoms with Crippen molar-refractivity contribution in [3.8, 4) is 11.1 Å². The van der Waals surface area contributed by atoms with Crippen LogP contribution in [-0.4, -0.2) is 10.2 Å². The van der Waals surface area contributed by atoms with E-state index in [0.717, 1.165) is 5.39 Å². The first-order chi connectivity index (χ1) is 8.68. The summed E-state index contributed by atoms with van der Waals surface area (Å²) >= 11 is 10.3. The molecule has 0 spiro atoms. The van der Waals surface area contributed by atoms with E-state index >= 15 is 0 Å². The Hall–Kier alpha value is -1.59. The molecular formula is C12H6ClFN2OS. The van der Waals surface area contributed by atoms with Gasteiger partial charge >= 0.3 is 0 Å². The molecule has 0 saturated heterocycles. The molecule has 0 aliphatic heterocycles. The highest BCUT2D eigenvalue weighted by molar-refractivity contribution is 7.80. The first kappa shape index (κ1) is 11.5. The average Bonchev–Trinajstić information content (AvgIpc) is 2.80. The van der Waals surface area contributed by atoms with Crippen molar-refractivity contribution in [3.05, 3.63) is 41.6 Å². The third-order valence-electron chi connectivity index (χ3n) is 2.63. The zero-order valence-electron chi connectivity index (χ0n) is 8.89. The Bertz CT molecular complexity index is 724. The van der Waals surface area contributed by atoms with Crippen LogP contribution >= 0.6 is 24.2 Å². The van der Waals surface area contributed by atoms with Crippen LogP contribution in [0.1, 0.15) is 0 Å². The molecule has 18 heavy (non-hydrogen) atoms. The highest BCUT2D eigenvalue weighted by atomic mass is 35.5. The van der Waals surface area contributed by atoms with E-state index in [9.17, 15) is 4.39 Å². The van der Waals surface area contributed by atoms with E-state index in [4.69, 9.17) is 16.0 Å². The van der Waals surface area contributed by atoms with Gasteiger partial charge in [-0.3, -0.25) is 0 Å². The number of furan rings is 1. The molecule has 3 aromatic rings. The van der Waals surface area contributed by atoms with Crippen molar-refractivity contribution >= 4 is 35.2 Å². The SMILES string of the molecule is Fc1nncc(Cl)c1-c1ccc2ccoc2c1S. The second-order valence-electron chi connectivity index (χ2n) is 3.66. The van der Waals surface area contributed by atoms with Crippen LogP contribution < -0.4 is 0 Å². The number of rotatable bonds is 1. The van der Waals surface area contributed by atoms with E-state index in [2.05, 4.69) is 22.8 Å². The van der Waals surface area contributed by atoms with Gasteiger partial charge in [0, 0.05) is 10.9 Å². The molecule has 0 aliphatic rings. The van der Waals surface area contributed by atoms with Gasteiger partial charge in [0.05, 0.1) is 27.9 Å². The highest BCUT2D eigenvalue weighted by Crippen LogP contribution is 2.37. The van der Waals surface area contributed by atoms with Crippen LogP contribution in [0, 0.1) is 5.95 Å². The van der Waals surface area contributed by atoms with Crippen LogP contribution in [0.15, 0.2) is 40.0 Å². The Morgan fingerprint density at radius 3 is 2.89 bits per heavy atom. The molecule has 6 heteroatoms. The lowest BCUT2D eigenvalue weighted by molar-refractivity contribution is 0.566. The summed E-state index contributed by atoms with van der Waals surface area (Å²) in [5.41, 5.74) is 1.29. The van der Waals surface area contributed by atoms with Crippen LogP contribution in [0.2, 0.25) is 5.02 Å². The molecule has 0 radical (unpaired) electrons. The van der Waals surface area contributed by atoms with Gasteiger partial charge in [-0.25, -0.2) is 0 Å². The number of benzene rings is 1. The number of aromatic nitrogens is 2. The predicted molar refractivity (Wildman–Crippen MR) is 69.5 cm³/mol. The maximum Gasteiger partial charge on any atom is 0.242 e. The number of hydrogen-bond acceptors (Lipinski definition) is 4. The van der Waals surface area contributed by atoms with Gasteiger partial charge in [-0.1, -0.05) is 23.7 Å². The molecule has 0 aliphatic carbocycles. The molecule has 0 N–H and O–H groups in total. The summed E-state index contributed by atoms with van der Waals surface area (Å²) in [6.07, 6.45) is 2.84. The number of thiol groups is 1. The third-order valence-corrected chi connectivity index (χ3v) is 3.36. The third kappa shape index (κ3) is 1.67. The van der Waals surface area contributed by atoms with Crippen molar-refractivity contribution in [2.24, 2.45) is 0 Å². The molecule has 0 saturated carbocycles. The van der Waals surface area contributed by atoms with Crippen molar-refractivity contribution in [2.75, 3.05) is 0 Å². The number of nitrogens with zero attached hydrogens (tertiary/aromatic N) is 2. The molecule has 0 bridgehead atoms. The molecule has 2 heterocycles. The van der Waals surface area contributed by atoms with Gasteiger partial charge in [0.1, 0.15) is 5.58 Å². The molecule has 0 unspecified atom stereocenters. The number of halogens is 2. The molecule has 2 aromatic heterocycles. The second kappa shape index (κ2) is 4.26.